The average molecular weight is 385 g/mol. The van der Waals surface area contributed by atoms with Crippen LogP contribution in [0.15, 0.2) is 30.6 Å². The minimum atomic E-state index is -0.337. The molecule has 3 aromatic rings. The zero-order valence-electron chi connectivity index (χ0n) is 15.8. The van der Waals surface area contributed by atoms with Gasteiger partial charge in [0.25, 0.3) is 0 Å². The number of hydrogen-bond donors (Lipinski definition) is 2. The zero-order chi connectivity index (χ0) is 19.4. The molecule has 2 heterocycles. The maximum Gasteiger partial charge on any atom is 0.321 e. The van der Waals surface area contributed by atoms with Crippen LogP contribution in [-0.4, -0.2) is 31.0 Å². The van der Waals surface area contributed by atoms with Crippen LogP contribution >= 0.6 is 11.3 Å². The Morgan fingerprint density at radius 3 is 2.70 bits per heavy atom. The van der Waals surface area contributed by atoms with E-state index in [4.69, 9.17) is 0 Å². The summed E-state index contributed by atoms with van der Waals surface area (Å²) < 4.78 is 1.68. The molecule has 8 nitrogen and oxygen atoms in total. The van der Waals surface area contributed by atoms with Gasteiger partial charge in [0.1, 0.15) is 17.2 Å². The smallest absolute Gasteiger partial charge is 0.321 e. The van der Waals surface area contributed by atoms with Crippen molar-refractivity contribution in [2.75, 3.05) is 5.32 Å². The summed E-state index contributed by atoms with van der Waals surface area (Å²) >= 11 is 1.34. The van der Waals surface area contributed by atoms with Gasteiger partial charge < -0.3 is 5.32 Å². The standard InChI is InChI=1S/C18H23N7OS/c1-11(2)9-14(15-19-10-20-25(15)4)21-17(26)22-18-24-23-16(27-18)13-8-6-5-7-12(13)3/h5-8,10-11,14H,9H2,1-4H3,(H2,21,22,24,26)/t14-/m1/s1. The molecule has 0 aliphatic heterocycles. The molecule has 1 aromatic carbocycles. The monoisotopic (exact) mass is 385 g/mol. The molecule has 0 fully saturated rings. The molecule has 0 saturated heterocycles. The van der Waals surface area contributed by atoms with Crippen molar-refractivity contribution in [1.82, 2.24) is 30.3 Å². The third-order valence-electron chi connectivity index (χ3n) is 4.09. The molecule has 142 valence electrons. The van der Waals surface area contributed by atoms with Gasteiger partial charge in [-0.05, 0) is 24.8 Å². The molecule has 9 heteroatoms. The highest BCUT2D eigenvalue weighted by Gasteiger charge is 2.21. The largest absolute Gasteiger partial charge is 0.328 e. The fourth-order valence-electron chi connectivity index (χ4n) is 2.81. The first-order valence-electron chi connectivity index (χ1n) is 8.75. The maximum absolute atomic E-state index is 12.5. The van der Waals surface area contributed by atoms with Crippen molar-refractivity contribution < 1.29 is 4.79 Å². The van der Waals surface area contributed by atoms with E-state index < -0.39 is 0 Å². The minimum Gasteiger partial charge on any atom is -0.328 e. The number of urea groups is 1. The number of nitrogens with zero attached hydrogens (tertiary/aromatic N) is 5. The van der Waals surface area contributed by atoms with E-state index in [2.05, 4.69) is 44.8 Å². The van der Waals surface area contributed by atoms with Crippen molar-refractivity contribution >= 4 is 22.5 Å². The summed E-state index contributed by atoms with van der Waals surface area (Å²) in [6, 6.07) is 7.38. The van der Waals surface area contributed by atoms with E-state index in [0.717, 1.165) is 28.4 Å². The fraction of sp³-hybridized carbons (Fsp3) is 0.389. The Kier molecular flexibility index (Phi) is 5.80. The van der Waals surface area contributed by atoms with Gasteiger partial charge in [-0.25, -0.2) is 9.78 Å². The van der Waals surface area contributed by atoms with E-state index in [0.29, 0.717) is 11.0 Å². The number of carbonyl (C=O) groups is 1. The number of amides is 2. The van der Waals surface area contributed by atoms with Crippen LogP contribution in [-0.2, 0) is 7.05 Å². The lowest BCUT2D eigenvalue weighted by molar-refractivity contribution is 0.245. The highest BCUT2D eigenvalue weighted by atomic mass is 32.1. The number of rotatable bonds is 6. The molecular weight excluding hydrogens is 362 g/mol. The van der Waals surface area contributed by atoms with Crippen LogP contribution in [0.5, 0.6) is 0 Å². The molecule has 2 amide bonds. The van der Waals surface area contributed by atoms with Crippen molar-refractivity contribution in [3.05, 3.63) is 42.0 Å². The Morgan fingerprint density at radius 2 is 2.04 bits per heavy atom. The SMILES string of the molecule is Cc1ccccc1-c1nnc(NC(=O)N[C@H](CC(C)C)c2ncnn2C)s1. The summed E-state index contributed by atoms with van der Waals surface area (Å²) in [5, 5.41) is 19.3. The van der Waals surface area contributed by atoms with E-state index >= 15 is 0 Å². The Labute approximate surface area is 162 Å². The van der Waals surface area contributed by atoms with Gasteiger partial charge in [-0.2, -0.15) is 5.10 Å². The predicted octanol–water partition coefficient (Wildman–Crippen LogP) is 3.55. The van der Waals surface area contributed by atoms with Gasteiger partial charge in [0.2, 0.25) is 5.13 Å². The molecule has 0 aliphatic rings. The maximum atomic E-state index is 12.5. The second-order valence-corrected chi connectivity index (χ2v) is 7.73. The number of benzene rings is 1. The molecule has 0 radical (unpaired) electrons. The number of nitrogens with one attached hydrogen (secondary N) is 2. The summed E-state index contributed by atoms with van der Waals surface area (Å²) in [7, 11) is 1.81. The summed E-state index contributed by atoms with van der Waals surface area (Å²) in [6.07, 6.45) is 2.24. The number of aromatic nitrogens is 5. The topological polar surface area (TPSA) is 97.6 Å². The number of anilines is 1. The molecule has 0 unspecified atom stereocenters. The average Bonchev–Trinajstić information content (AvgIpc) is 3.23. The van der Waals surface area contributed by atoms with Gasteiger partial charge in [-0.3, -0.25) is 10.00 Å². The molecule has 27 heavy (non-hydrogen) atoms. The number of hydrogen-bond acceptors (Lipinski definition) is 6. The van der Waals surface area contributed by atoms with Crippen LogP contribution in [0.1, 0.15) is 37.7 Å². The van der Waals surface area contributed by atoms with Crippen LogP contribution < -0.4 is 10.6 Å². The molecule has 0 spiro atoms. The second-order valence-electron chi connectivity index (χ2n) is 6.75. The minimum absolute atomic E-state index is 0.235. The molecular formula is C18H23N7OS. The van der Waals surface area contributed by atoms with Crippen LogP contribution in [0, 0.1) is 12.8 Å². The summed E-state index contributed by atoms with van der Waals surface area (Å²) in [6.45, 7) is 6.22. The van der Waals surface area contributed by atoms with Gasteiger partial charge >= 0.3 is 6.03 Å². The molecule has 1 atom stereocenters. The summed E-state index contributed by atoms with van der Waals surface area (Å²) in [4.78, 5) is 16.7. The molecule has 0 bridgehead atoms. The molecule has 2 N–H and O–H groups in total. The van der Waals surface area contributed by atoms with E-state index in [1.807, 2.05) is 38.2 Å². The van der Waals surface area contributed by atoms with Crippen LogP contribution in [0.25, 0.3) is 10.6 Å². The van der Waals surface area contributed by atoms with Crippen molar-refractivity contribution in [2.24, 2.45) is 13.0 Å². The Hall–Kier alpha value is -2.81. The lowest BCUT2D eigenvalue weighted by Gasteiger charge is -2.19. The van der Waals surface area contributed by atoms with Crippen LogP contribution in [0.4, 0.5) is 9.93 Å². The van der Waals surface area contributed by atoms with Gasteiger partial charge in [-0.15, -0.1) is 10.2 Å². The fourth-order valence-corrected chi connectivity index (χ4v) is 3.64. The summed E-state index contributed by atoms with van der Waals surface area (Å²) in [5.41, 5.74) is 2.13. The quantitative estimate of drug-likeness (QED) is 0.676. The second kappa shape index (κ2) is 8.26. The molecule has 2 aromatic heterocycles. The van der Waals surface area contributed by atoms with E-state index in [1.54, 1.807) is 4.68 Å². The summed E-state index contributed by atoms with van der Waals surface area (Å²) in [5.74, 6) is 1.11. The normalized spacial score (nSPS) is 12.2. The van der Waals surface area contributed by atoms with Crippen molar-refractivity contribution in [2.45, 2.75) is 33.2 Å². The predicted molar refractivity (Wildman–Crippen MR) is 105 cm³/mol. The third kappa shape index (κ3) is 4.68. The first kappa shape index (κ1) is 19.0. The Morgan fingerprint density at radius 1 is 1.26 bits per heavy atom. The Bertz CT molecular complexity index is 918. The van der Waals surface area contributed by atoms with Crippen molar-refractivity contribution in [1.29, 1.82) is 0 Å². The third-order valence-corrected chi connectivity index (χ3v) is 4.96. The first-order chi connectivity index (χ1) is 12.9. The lowest BCUT2D eigenvalue weighted by atomic mass is 10.0. The molecule has 0 aliphatic carbocycles. The van der Waals surface area contributed by atoms with Crippen molar-refractivity contribution in [3.63, 3.8) is 0 Å². The van der Waals surface area contributed by atoms with Crippen LogP contribution in [0.2, 0.25) is 0 Å². The van der Waals surface area contributed by atoms with Gasteiger partial charge in [0, 0.05) is 12.6 Å². The van der Waals surface area contributed by atoms with E-state index in [-0.39, 0.29) is 12.1 Å². The Balaban J connectivity index is 1.69. The zero-order valence-corrected chi connectivity index (χ0v) is 16.6. The number of carbonyl (C=O) groups excluding carboxylic acids is 1. The number of aryl methyl sites for hydroxylation is 2. The molecule has 0 saturated carbocycles. The highest BCUT2D eigenvalue weighted by molar-refractivity contribution is 7.18. The van der Waals surface area contributed by atoms with E-state index in [9.17, 15) is 4.79 Å². The van der Waals surface area contributed by atoms with E-state index in [1.165, 1.54) is 17.7 Å². The lowest BCUT2D eigenvalue weighted by Crippen LogP contribution is -2.34. The van der Waals surface area contributed by atoms with Gasteiger partial charge in [0.05, 0.1) is 6.04 Å². The van der Waals surface area contributed by atoms with Crippen molar-refractivity contribution in [3.8, 4) is 10.6 Å². The molecule has 3 rings (SSSR count). The van der Waals surface area contributed by atoms with Gasteiger partial charge in [0.15, 0.2) is 0 Å². The van der Waals surface area contributed by atoms with Gasteiger partial charge in [-0.1, -0.05) is 49.4 Å². The van der Waals surface area contributed by atoms with Crippen LogP contribution in [0.3, 0.4) is 0 Å². The highest BCUT2D eigenvalue weighted by Crippen LogP contribution is 2.28. The first-order valence-corrected chi connectivity index (χ1v) is 9.56.